The molecule has 1 N–H and O–H groups in total. The van der Waals surface area contributed by atoms with Crippen LogP contribution < -0.4 is 9.64 Å². The first-order valence-electron chi connectivity index (χ1n) is 10.3. The highest BCUT2D eigenvalue weighted by Gasteiger charge is 2.48. The maximum Gasteiger partial charge on any atom is 0.301 e. The van der Waals surface area contributed by atoms with Gasteiger partial charge < -0.3 is 14.4 Å². The molecule has 1 unspecified atom stereocenters. The van der Waals surface area contributed by atoms with Gasteiger partial charge in [0.1, 0.15) is 17.3 Å². The summed E-state index contributed by atoms with van der Waals surface area (Å²) in [4.78, 5) is 27.4. The van der Waals surface area contributed by atoms with Gasteiger partial charge in [0.25, 0.3) is 5.78 Å². The van der Waals surface area contributed by atoms with Crippen molar-refractivity contribution in [3.63, 3.8) is 0 Å². The van der Waals surface area contributed by atoms with Gasteiger partial charge in [-0.2, -0.15) is 0 Å². The van der Waals surface area contributed by atoms with Crippen LogP contribution in [0.25, 0.3) is 5.76 Å². The van der Waals surface area contributed by atoms with Gasteiger partial charge in [-0.3, -0.25) is 14.5 Å². The highest BCUT2D eigenvalue weighted by atomic mass is 16.5. The first-order chi connectivity index (χ1) is 15.3. The number of rotatable bonds is 5. The number of aromatic nitrogens is 1. The van der Waals surface area contributed by atoms with Gasteiger partial charge in [-0.25, -0.2) is 0 Å². The molecule has 3 aromatic rings. The highest BCUT2D eigenvalue weighted by molar-refractivity contribution is 6.51. The van der Waals surface area contributed by atoms with Crippen molar-refractivity contribution in [2.75, 3.05) is 4.90 Å². The Kier molecular flexibility index (Phi) is 5.57. The number of aliphatic hydroxyl groups excluding tert-OH is 1. The second-order valence-electron chi connectivity index (χ2n) is 8.07. The molecular weight excluding hydrogens is 408 g/mol. The van der Waals surface area contributed by atoms with E-state index in [1.165, 1.54) is 4.90 Å². The summed E-state index contributed by atoms with van der Waals surface area (Å²) >= 11 is 0. The molecule has 1 atom stereocenters. The molecule has 7 heteroatoms. The number of amides is 1. The molecule has 164 valence electrons. The number of hydrogen-bond acceptors (Lipinski definition) is 6. The first-order valence-corrected chi connectivity index (χ1v) is 10.3. The summed E-state index contributed by atoms with van der Waals surface area (Å²) in [5.41, 5.74) is 2.12. The lowest BCUT2D eigenvalue weighted by atomic mass is 9.94. The Bertz CT molecular complexity index is 1190. The van der Waals surface area contributed by atoms with Crippen molar-refractivity contribution < 1.29 is 24.0 Å². The largest absolute Gasteiger partial charge is 0.507 e. The highest BCUT2D eigenvalue weighted by Crippen LogP contribution is 2.42. The molecule has 0 aliphatic carbocycles. The summed E-state index contributed by atoms with van der Waals surface area (Å²) in [6, 6.07) is 14.9. The monoisotopic (exact) mass is 432 g/mol. The molecule has 1 aromatic heterocycles. The van der Waals surface area contributed by atoms with Gasteiger partial charge in [-0.15, -0.1) is 0 Å². The maximum absolute atomic E-state index is 13.1. The number of hydrogen-bond donors (Lipinski definition) is 1. The van der Waals surface area contributed by atoms with Crippen molar-refractivity contribution in [1.29, 1.82) is 0 Å². The third kappa shape index (κ3) is 3.89. The molecule has 1 aliphatic rings. The Hall–Kier alpha value is -3.87. The average Bonchev–Trinajstić information content (AvgIpc) is 3.29. The van der Waals surface area contributed by atoms with Gasteiger partial charge in [0.2, 0.25) is 0 Å². The predicted octanol–water partition coefficient (Wildman–Crippen LogP) is 4.70. The van der Waals surface area contributed by atoms with E-state index >= 15 is 0 Å². The van der Waals surface area contributed by atoms with Gasteiger partial charge in [-0.1, -0.05) is 35.0 Å². The molecule has 1 aliphatic heterocycles. The number of aryl methyl sites for hydroxylation is 2. The topological polar surface area (TPSA) is 92.9 Å². The molecule has 4 rings (SSSR count). The van der Waals surface area contributed by atoms with Crippen molar-refractivity contribution in [3.8, 4) is 5.75 Å². The molecule has 2 heterocycles. The minimum atomic E-state index is -0.841. The zero-order chi connectivity index (χ0) is 23.0. The van der Waals surface area contributed by atoms with Crippen molar-refractivity contribution in [2.45, 2.75) is 39.8 Å². The Morgan fingerprint density at radius 3 is 2.28 bits per heavy atom. The third-order valence-corrected chi connectivity index (χ3v) is 5.20. The van der Waals surface area contributed by atoms with E-state index < -0.39 is 17.7 Å². The minimum Gasteiger partial charge on any atom is -0.507 e. The van der Waals surface area contributed by atoms with Crippen LogP contribution >= 0.6 is 0 Å². The fourth-order valence-electron chi connectivity index (χ4n) is 3.72. The number of nitrogens with zero attached hydrogens (tertiary/aromatic N) is 2. The number of carbonyl (C=O) groups is 2. The SMILES string of the molecule is Cc1ccc(C2C(=C(O)c3ccc(OC(C)C)cc3)C(=O)C(=O)N2c2cc(C)on2)cc1. The lowest BCUT2D eigenvalue weighted by Crippen LogP contribution is -2.29. The Labute approximate surface area is 185 Å². The van der Waals surface area contributed by atoms with E-state index in [4.69, 9.17) is 9.26 Å². The fourth-order valence-corrected chi connectivity index (χ4v) is 3.72. The number of benzene rings is 2. The second kappa shape index (κ2) is 8.34. The van der Waals surface area contributed by atoms with Crippen LogP contribution in [-0.4, -0.2) is 28.1 Å². The zero-order valence-electron chi connectivity index (χ0n) is 18.3. The molecule has 2 aromatic carbocycles. The molecule has 0 spiro atoms. The van der Waals surface area contributed by atoms with E-state index in [-0.39, 0.29) is 23.3 Å². The van der Waals surface area contributed by atoms with E-state index in [1.54, 1.807) is 37.3 Å². The summed E-state index contributed by atoms with van der Waals surface area (Å²) in [5.74, 6) is -0.445. The van der Waals surface area contributed by atoms with Gasteiger partial charge >= 0.3 is 5.91 Å². The summed E-state index contributed by atoms with van der Waals surface area (Å²) in [5, 5.41) is 15.1. The zero-order valence-corrected chi connectivity index (χ0v) is 18.3. The molecule has 0 radical (unpaired) electrons. The smallest absolute Gasteiger partial charge is 0.301 e. The second-order valence-corrected chi connectivity index (χ2v) is 8.07. The number of carbonyl (C=O) groups excluding carboxylic acids is 2. The van der Waals surface area contributed by atoms with Crippen LogP contribution in [0.2, 0.25) is 0 Å². The molecule has 32 heavy (non-hydrogen) atoms. The average molecular weight is 432 g/mol. The molecule has 1 amide bonds. The lowest BCUT2D eigenvalue weighted by Gasteiger charge is -2.23. The predicted molar refractivity (Wildman–Crippen MR) is 119 cm³/mol. The summed E-state index contributed by atoms with van der Waals surface area (Å²) in [6.45, 7) is 7.49. The van der Waals surface area contributed by atoms with E-state index in [9.17, 15) is 14.7 Å². The quantitative estimate of drug-likeness (QED) is 0.357. The Morgan fingerprint density at radius 1 is 1.06 bits per heavy atom. The molecule has 0 saturated carbocycles. The molecule has 7 nitrogen and oxygen atoms in total. The maximum atomic E-state index is 13.1. The number of ketones is 1. The van der Waals surface area contributed by atoms with Crippen LogP contribution in [0.5, 0.6) is 5.75 Å². The van der Waals surface area contributed by atoms with E-state index in [0.29, 0.717) is 22.6 Å². The summed E-state index contributed by atoms with van der Waals surface area (Å²) in [7, 11) is 0. The van der Waals surface area contributed by atoms with Crippen molar-refractivity contribution in [2.24, 2.45) is 0 Å². The number of Topliss-reactive ketones (excluding diaryl/α,β-unsaturated/α-hetero) is 1. The van der Waals surface area contributed by atoms with E-state index in [0.717, 1.165) is 5.56 Å². The number of aliphatic hydroxyl groups is 1. The van der Waals surface area contributed by atoms with Gasteiger partial charge in [-0.05, 0) is 57.5 Å². The summed E-state index contributed by atoms with van der Waals surface area (Å²) in [6.07, 6.45) is 0.00669. The minimum absolute atomic E-state index is 0.00275. The van der Waals surface area contributed by atoms with E-state index in [1.807, 2.05) is 45.0 Å². The van der Waals surface area contributed by atoms with Gasteiger partial charge in [0.05, 0.1) is 17.7 Å². The Balaban J connectivity index is 1.85. The van der Waals surface area contributed by atoms with Crippen LogP contribution in [0, 0.1) is 13.8 Å². The molecule has 0 bridgehead atoms. The van der Waals surface area contributed by atoms with Crippen LogP contribution in [0.4, 0.5) is 5.82 Å². The van der Waals surface area contributed by atoms with Crippen LogP contribution in [-0.2, 0) is 9.59 Å². The molecule has 1 saturated heterocycles. The van der Waals surface area contributed by atoms with Crippen LogP contribution in [0.15, 0.2) is 64.7 Å². The first kappa shape index (κ1) is 21.4. The van der Waals surface area contributed by atoms with Crippen LogP contribution in [0.1, 0.15) is 42.3 Å². The lowest BCUT2D eigenvalue weighted by molar-refractivity contribution is -0.132. The fraction of sp³-hybridized carbons (Fsp3) is 0.240. The van der Waals surface area contributed by atoms with Crippen LogP contribution in [0.3, 0.4) is 0 Å². The number of ether oxygens (including phenoxy) is 1. The number of anilines is 1. The normalized spacial score (nSPS) is 17.9. The van der Waals surface area contributed by atoms with Crippen molar-refractivity contribution in [3.05, 3.63) is 82.6 Å². The standard InChI is InChI=1S/C25H24N2O5/c1-14(2)31-19-11-9-18(10-12-19)23(28)21-22(17-7-5-15(3)6-8-17)27(25(30)24(21)29)20-13-16(4)32-26-20/h5-14,22,28H,1-4H3. The molecule has 1 fully saturated rings. The van der Waals surface area contributed by atoms with Gasteiger partial charge in [0.15, 0.2) is 5.82 Å². The summed E-state index contributed by atoms with van der Waals surface area (Å²) < 4.78 is 10.8. The third-order valence-electron chi connectivity index (χ3n) is 5.20. The van der Waals surface area contributed by atoms with Gasteiger partial charge in [0, 0.05) is 11.6 Å². The van der Waals surface area contributed by atoms with E-state index in [2.05, 4.69) is 5.16 Å². The van der Waals surface area contributed by atoms with Crippen molar-refractivity contribution in [1.82, 2.24) is 5.16 Å². The molecular formula is C25H24N2O5. The Morgan fingerprint density at radius 2 is 1.72 bits per heavy atom. The van der Waals surface area contributed by atoms with Crippen molar-refractivity contribution >= 4 is 23.3 Å².